The molecule has 1 aliphatic heterocycles. The third-order valence-corrected chi connectivity index (χ3v) is 2.31. The Bertz CT molecular complexity index is 375. The van der Waals surface area contributed by atoms with Crippen LogP contribution >= 0.6 is 15.9 Å². The maximum Gasteiger partial charge on any atom is 0.348 e. The number of phenolic OH excluding ortho intramolecular Hbond substituents is 1. The Morgan fingerprint density at radius 3 is 2.85 bits per heavy atom. The quantitative estimate of drug-likeness (QED) is 0.706. The van der Waals surface area contributed by atoms with E-state index in [1.807, 2.05) is 0 Å². The van der Waals surface area contributed by atoms with Gasteiger partial charge in [0.05, 0.1) is 4.47 Å². The second-order valence-corrected chi connectivity index (χ2v) is 3.32. The average Bonchev–Trinajstić information content (AvgIpc) is 2.12. The van der Waals surface area contributed by atoms with Crippen LogP contribution in [-0.2, 0) is 4.74 Å². The first-order valence-corrected chi connectivity index (χ1v) is 4.31. The number of halogens is 1. The lowest BCUT2D eigenvalue weighted by Gasteiger charge is -2.18. The fraction of sp³-hybridized carbons (Fsp3) is 0.125. The van der Waals surface area contributed by atoms with Crippen LogP contribution in [0.4, 0.5) is 0 Å². The van der Waals surface area contributed by atoms with Gasteiger partial charge in [-0.15, -0.1) is 0 Å². The number of benzene rings is 1. The van der Waals surface area contributed by atoms with E-state index in [1.165, 1.54) is 6.07 Å². The molecule has 0 unspecified atom stereocenters. The first-order valence-electron chi connectivity index (χ1n) is 3.51. The SMILES string of the molecule is O=C1OCOc2c(Br)ccc(O)c21. The van der Waals surface area contributed by atoms with Crippen molar-refractivity contribution in [1.29, 1.82) is 0 Å². The zero-order valence-electron chi connectivity index (χ0n) is 6.41. The molecule has 0 bridgehead atoms. The molecule has 2 rings (SSSR count). The molecule has 1 aromatic rings. The molecule has 13 heavy (non-hydrogen) atoms. The third kappa shape index (κ3) is 1.25. The summed E-state index contributed by atoms with van der Waals surface area (Å²) in [5, 5.41) is 9.35. The molecule has 1 heterocycles. The molecule has 1 aliphatic rings. The minimum absolute atomic E-state index is 0.0700. The molecule has 68 valence electrons. The molecule has 0 amide bonds. The number of carbonyl (C=O) groups is 1. The first-order chi connectivity index (χ1) is 6.20. The normalized spacial score (nSPS) is 14.4. The van der Waals surface area contributed by atoms with Crippen molar-refractivity contribution in [2.24, 2.45) is 0 Å². The summed E-state index contributed by atoms with van der Waals surface area (Å²) in [5.74, 6) is -0.376. The van der Waals surface area contributed by atoms with Crippen molar-refractivity contribution in [3.63, 3.8) is 0 Å². The number of cyclic esters (lactones) is 1. The number of fused-ring (bicyclic) bond motifs is 1. The van der Waals surface area contributed by atoms with Gasteiger partial charge >= 0.3 is 5.97 Å². The number of hydrogen-bond acceptors (Lipinski definition) is 4. The van der Waals surface area contributed by atoms with Crippen molar-refractivity contribution < 1.29 is 19.4 Å². The van der Waals surface area contributed by atoms with Crippen LogP contribution in [0.5, 0.6) is 11.5 Å². The Balaban J connectivity index is 2.67. The molecular formula is C8H5BrO4. The van der Waals surface area contributed by atoms with Crippen molar-refractivity contribution in [2.75, 3.05) is 6.79 Å². The van der Waals surface area contributed by atoms with Gasteiger partial charge in [-0.2, -0.15) is 0 Å². The fourth-order valence-corrected chi connectivity index (χ4v) is 1.54. The Hall–Kier alpha value is -1.23. The van der Waals surface area contributed by atoms with Crippen LogP contribution in [0, 0.1) is 0 Å². The Morgan fingerprint density at radius 2 is 2.15 bits per heavy atom. The molecule has 0 spiro atoms. The van der Waals surface area contributed by atoms with Crippen LogP contribution in [-0.4, -0.2) is 17.9 Å². The van der Waals surface area contributed by atoms with E-state index in [0.717, 1.165) is 0 Å². The summed E-state index contributed by atoms with van der Waals surface area (Å²) < 4.78 is 10.3. The number of ether oxygens (including phenoxy) is 2. The van der Waals surface area contributed by atoms with Crippen molar-refractivity contribution in [3.8, 4) is 11.5 Å². The highest BCUT2D eigenvalue weighted by Gasteiger charge is 2.25. The highest BCUT2D eigenvalue weighted by atomic mass is 79.9. The topological polar surface area (TPSA) is 55.8 Å². The van der Waals surface area contributed by atoms with Crippen LogP contribution in [0.25, 0.3) is 0 Å². The van der Waals surface area contributed by atoms with Gasteiger partial charge in [-0.3, -0.25) is 0 Å². The van der Waals surface area contributed by atoms with E-state index in [0.29, 0.717) is 10.2 Å². The lowest BCUT2D eigenvalue weighted by atomic mass is 10.1. The van der Waals surface area contributed by atoms with Gasteiger partial charge < -0.3 is 14.6 Å². The van der Waals surface area contributed by atoms with Gasteiger partial charge in [-0.1, -0.05) is 0 Å². The number of carbonyl (C=O) groups excluding carboxylic acids is 1. The maximum absolute atomic E-state index is 11.2. The lowest BCUT2D eigenvalue weighted by Crippen LogP contribution is -2.18. The molecule has 0 aliphatic carbocycles. The first kappa shape index (κ1) is 8.37. The van der Waals surface area contributed by atoms with Crippen molar-refractivity contribution in [2.45, 2.75) is 0 Å². The van der Waals surface area contributed by atoms with Gasteiger partial charge in [0.2, 0.25) is 6.79 Å². The Labute approximate surface area is 82.2 Å². The van der Waals surface area contributed by atoms with E-state index >= 15 is 0 Å². The predicted octanol–water partition coefficient (Wildman–Crippen LogP) is 1.66. The minimum atomic E-state index is -0.569. The van der Waals surface area contributed by atoms with Gasteiger partial charge in [0.25, 0.3) is 0 Å². The molecule has 0 saturated heterocycles. The molecular weight excluding hydrogens is 240 g/mol. The molecule has 0 saturated carbocycles. The van der Waals surface area contributed by atoms with Crippen molar-refractivity contribution in [1.82, 2.24) is 0 Å². The van der Waals surface area contributed by atoms with E-state index in [9.17, 15) is 9.90 Å². The molecule has 0 atom stereocenters. The number of hydrogen-bond donors (Lipinski definition) is 1. The summed E-state index contributed by atoms with van der Waals surface area (Å²) in [6, 6.07) is 3.01. The van der Waals surface area contributed by atoms with Crippen molar-refractivity contribution >= 4 is 21.9 Å². The number of aromatic hydroxyl groups is 1. The summed E-state index contributed by atoms with van der Waals surface area (Å²) in [7, 11) is 0. The maximum atomic E-state index is 11.2. The van der Waals surface area contributed by atoms with Gasteiger partial charge in [0, 0.05) is 0 Å². The molecule has 1 N–H and O–H groups in total. The molecule has 0 radical (unpaired) electrons. The van der Waals surface area contributed by atoms with Crippen molar-refractivity contribution in [3.05, 3.63) is 22.2 Å². The van der Waals surface area contributed by atoms with Crippen LogP contribution in [0.1, 0.15) is 10.4 Å². The molecule has 5 heteroatoms. The summed E-state index contributed by atoms with van der Waals surface area (Å²) in [4.78, 5) is 11.2. The van der Waals surface area contributed by atoms with E-state index in [-0.39, 0.29) is 18.1 Å². The smallest absolute Gasteiger partial charge is 0.348 e. The summed E-state index contributed by atoms with van der Waals surface area (Å²) in [5.41, 5.74) is 0.0700. The number of rotatable bonds is 0. The van der Waals surface area contributed by atoms with Gasteiger partial charge in [-0.05, 0) is 28.1 Å². The van der Waals surface area contributed by atoms with Crippen LogP contribution in [0.2, 0.25) is 0 Å². The van der Waals surface area contributed by atoms with Gasteiger partial charge in [0.1, 0.15) is 11.3 Å². The monoisotopic (exact) mass is 244 g/mol. The molecule has 0 fully saturated rings. The summed E-state index contributed by atoms with van der Waals surface area (Å²) >= 11 is 3.20. The van der Waals surface area contributed by atoms with Crippen LogP contribution in [0.3, 0.4) is 0 Å². The van der Waals surface area contributed by atoms with Crippen LogP contribution < -0.4 is 4.74 Å². The van der Waals surface area contributed by atoms with Crippen LogP contribution in [0.15, 0.2) is 16.6 Å². The van der Waals surface area contributed by atoms with E-state index in [1.54, 1.807) is 6.07 Å². The van der Waals surface area contributed by atoms with E-state index < -0.39 is 5.97 Å². The predicted molar refractivity (Wildman–Crippen MR) is 46.7 cm³/mol. The zero-order chi connectivity index (χ0) is 9.42. The second kappa shape index (κ2) is 2.92. The van der Waals surface area contributed by atoms with Gasteiger partial charge in [-0.25, -0.2) is 4.79 Å². The molecule has 1 aromatic carbocycles. The Morgan fingerprint density at radius 1 is 1.38 bits per heavy atom. The van der Waals surface area contributed by atoms with Gasteiger partial charge in [0.15, 0.2) is 5.75 Å². The Kier molecular flexibility index (Phi) is 1.88. The summed E-state index contributed by atoms with van der Waals surface area (Å²) in [6.07, 6.45) is 0. The molecule has 0 aromatic heterocycles. The number of phenols is 1. The van der Waals surface area contributed by atoms with E-state index in [2.05, 4.69) is 20.7 Å². The third-order valence-electron chi connectivity index (χ3n) is 1.69. The molecule has 4 nitrogen and oxygen atoms in total. The second-order valence-electron chi connectivity index (χ2n) is 2.46. The largest absolute Gasteiger partial charge is 0.507 e. The standard InChI is InChI=1S/C8H5BrO4/c9-4-1-2-5(10)6-7(4)12-3-13-8(6)11/h1-2,10H,3H2. The summed E-state index contributed by atoms with van der Waals surface area (Å²) in [6.45, 7) is -0.117. The highest BCUT2D eigenvalue weighted by Crippen LogP contribution is 2.37. The zero-order valence-corrected chi connectivity index (χ0v) is 8.00. The van der Waals surface area contributed by atoms with E-state index in [4.69, 9.17) is 4.74 Å². The number of esters is 1. The average molecular weight is 245 g/mol. The minimum Gasteiger partial charge on any atom is -0.507 e. The fourth-order valence-electron chi connectivity index (χ4n) is 1.10. The lowest BCUT2D eigenvalue weighted by molar-refractivity contribution is 0.00407. The highest BCUT2D eigenvalue weighted by molar-refractivity contribution is 9.10.